The highest BCUT2D eigenvalue weighted by atomic mass is 14.3. The minimum Gasteiger partial charge on any atom is -0.0953 e. The lowest BCUT2D eigenvalue weighted by Gasteiger charge is -2.11. The second-order valence-electron chi connectivity index (χ2n) is 3.41. The molecule has 0 N–H and O–H groups in total. The summed E-state index contributed by atoms with van der Waals surface area (Å²) in [6.45, 7) is 13.0. The minimum atomic E-state index is 0.667. The molecule has 2 atom stereocenters. The molecule has 0 aromatic heterocycles. The van der Waals surface area contributed by atoms with E-state index in [9.17, 15) is 0 Å². The third-order valence-electron chi connectivity index (χ3n) is 3.06. The van der Waals surface area contributed by atoms with Gasteiger partial charge in [0.25, 0.3) is 0 Å². The first-order valence-electron chi connectivity index (χ1n) is 3.92. The highest BCUT2D eigenvalue weighted by Gasteiger charge is 2.26. The zero-order valence-electron chi connectivity index (χ0n) is 7.36. The normalized spacial score (nSPS) is 33.8. The summed E-state index contributed by atoms with van der Waals surface area (Å²) in [6.07, 6.45) is 0. The van der Waals surface area contributed by atoms with Gasteiger partial charge in [0.15, 0.2) is 0 Å². The Bertz CT molecular complexity index is 196. The smallest absolute Gasteiger partial charge is 0.0131 e. The molecule has 1 aliphatic rings. The molecule has 0 spiro atoms. The molecule has 0 heterocycles. The summed E-state index contributed by atoms with van der Waals surface area (Å²) >= 11 is 0. The Balaban J connectivity index is 2.99. The third-order valence-corrected chi connectivity index (χ3v) is 3.06. The summed E-state index contributed by atoms with van der Waals surface area (Å²) in [4.78, 5) is 0. The van der Waals surface area contributed by atoms with Gasteiger partial charge in [0.1, 0.15) is 0 Å². The molecule has 0 radical (unpaired) electrons. The Kier molecular flexibility index (Phi) is 1.72. The summed E-state index contributed by atoms with van der Waals surface area (Å²) in [5, 5.41) is 0. The molecule has 1 rings (SSSR count). The molecule has 0 saturated heterocycles. The molecule has 0 fully saturated rings. The standard InChI is InChI=1S/C10H16/c1-6-7(2)9(4)10(5)8(6)3/h7,9H,1H2,2-5H3/t7-,9-/m1/s1. The van der Waals surface area contributed by atoms with Crippen molar-refractivity contribution in [2.75, 3.05) is 0 Å². The Labute approximate surface area is 63.6 Å². The number of hydrogen-bond acceptors (Lipinski definition) is 0. The van der Waals surface area contributed by atoms with Crippen LogP contribution in [0.1, 0.15) is 27.7 Å². The van der Waals surface area contributed by atoms with E-state index in [0.717, 1.165) is 0 Å². The van der Waals surface area contributed by atoms with Crippen molar-refractivity contribution in [1.29, 1.82) is 0 Å². The SMILES string of the molecule is C=C1C(C)=C(C)[C@H](C)[C@@H]1C. The Hall–Kier alpha value is -0.520. The molecular weight excluding hydrogens is 120 g/mol. The Morgan fingerprint density at radius 2 is 1.60 bits per heavy atom. The molecule has 0 heteroatoms. The summed E-state index contributed by atoms with van der Waals surface area (Å²) < 4.78 is 0. The van der Waals surface area contributed by atoms with Crippen molar-refractivity contribution in [3.05, 3.63) is 23.3 Å². The molecule has 0 unspecified atom stereocenters. The molecule has 0 aliphatic heterocycles. The van der Waals surface area contributed by atoms with Gasteiger partial charge in [-0.05, 0) is 36.8 Å². The topological polar surface area (TPSA) is 0 Å². The van der Waals surface area contributed by atoms with E-state index in [0.29, 0.717) is 11.8 Å². The second kappa shape index (κ2) is 2.26. The van der Waals surface area contributed by atoms with Gasteiger partial charge in [0.05, 0.1) is 0 Å². The van der Waals surface area contributed by atoms with Gasteiger partial charge in [-0.15, -0.1) is 0 Å². The number of rotatable bonds is 0. The number of hydrogen-bond donors (Lipinski definition) is 0. The predicted octanol–water partition coefficient (Wildman–Crippen LogP) is 3.16. The molecule has 10 heavy (non-hydrogen) atoms. The van der Waals surface area contributed by atoms with Crippen molar-refractivity contribution in [3.8, 4) is 0 Å². The van der Waals surface area contributed by atoms with Crippen LogP contribution in [0, 0.1) is 11.8 Å². The monoisotopic (exact) mass is 136 g/mol. The molecule has 56 valence electrons. The van der Waals surface area contributed by atoms with Gasteiger partial charge in [-0.2, -0.15) is 0 Å². The minimum absolute atomic E-state index is 0.667. The summed E-state index contributed by atoms with van der Waals surface area (Å²) in [5.74, 6) is 1.38. The van der Waals surface area contributed by atoms with Crippen LogP contribution in [0.15, 0.2) is 23.3 Å². The molecular formula is C10H16. The van der Waals surface area contributed by atoms with E-state index in [1.165, 1.54) is 16.7 Å². The van der Waals surface area contributed by atoms with Gasteiger partial charge >= 0.3 is 0 Å². The van der Waals surface area contributed by atoms with Crippen LogP contribution in [-0.4, -0.2) is 0 Å². The van der Waals surface area contributed by atoms with Crippen LogP contribution in [0.3, 0.4) is 0 Å². The molecule has 0 saturated carbocycles. The van der Waals surface area contributed by atoms with Crippen LogP contribution < -0.4 is 0 Å². The zero-order valence-corrected chi connectivity index (χ0v) is 7.36. The second-order valence-corrected chi connectivity index (χ2v) is 3.41. The van der Waals surface area contributed by atoms with Crippen LogP contribution in [0.5, 0.6) is 0 Å². The van der Waals surface area contributed by atoms with Crippen LogP contribution in [0.4, 0.5) is 0 Å². The summed E-state index contributed by atoms with van der Waals surface area (Å²) in [7, 11) is 0. The van der Waals surface area contributed by atoms with Crippen molar-refractivity contribution in [2.45, 2.75) is 27.7 Å². The van der Waals surface area contributed by atoms with Crippen molar-refractivity contribution < 1.29 is 0 Å². The molecule has 0 nitrogen and oxygen atoms in total. The highest BCUT2D eigenvalue weighted by molar-refractivity contribution is 5.40. The van der Waals surface area contributed by atoms with Crippen LogP contribution in [-0.2, 0) is 0 Å². The largest absolute Gasteiger partial charge is 0.0953 e. The summed E-state index contributed by atoms with van der Waals surface area (Å²) in [6, 6.07) is 0. The molecule has 0 amide bonds. The summed E-state index contributed by atoms with van der Waals surface area (Å²) in [5.41, 5.74) is 4.29. The Morgan fingerprint density at radius 3 is 1.70 bits per heavy atom. The van der Waals surface area contributed by atoms with E-state index in [2.05, 4.69) is 34.3 Å². The zero-order chi connectivity index (χ0) is 7.89. The van der Waals surface area contributed by atoms with Crippen LogP contribution in [0.2, 0.25) is 0 Å². The quantitative estimate of drug-likeness (QED) is 0.480. The predicted molar refractivity (Wildman–Crippen MR) is 45.8 cm³/mol. The van der Waals surface area contributed by atoms with E-state index in [1.54, 1.807) is 0 Å². The van der Waals surface area contributed by atoms with E-state index in [4.69, 9.17) is 0 Å². The van der Waals surface area contributed by atoms with E-state index in [1.807, 2.05) is 0 Å². The lowest BCUT2D eigenvalue weighted by Crippen LogP contribution is -2.02. The number of allylic oxidation sites excluding steroid dienone is 3. The van der Waals surface area contributed by atoms with Gasteiger partial charge in [-0.25, -0.2) is 0 Å². The van der Waals surface area contributed by atoms with E-state index < -0.39 is 0 Å². The van der Waals surface area contributed by atoms with E-state index >= 15 is 0 Å². The molecule has 0 aromatic carbocycles. The highest BCUT2D eigenvalue weighted by Crippen LogP contribution is 2.39. The maximum Gasteiger partial charge on any atom is -0.0131 e. The first-order valence-corrected chi connectivity index (χ1v) is 3.92. The lowest BCUT2D eigenvalue weighted by atomic mass is 9.94. The van der Waals surface area contributed by atoms with Crippen molar-refractivity contribution >= 4 is 0 Å². The van der Waals surface area contributed by atoms with Crippen LogP contribution >= 0.6 is 0 Å². The van der Waals surface area contributed by atoms with Crippen molar-refractivity contribution in [1.82, 2.24) is 0 Å². The fraction of sp³-hybridized carbons (Fsp3) is 0.600. The molecule has 1 aliphatic carbocycles. The Morgan fingerprint density at radius 1 is 1.10 bits per heavy atom. The van der Waals surface area contributed by atoms with Gasteiger partial charge in [-0.1, -0.05) is 26.0 Å². The maximum atomic E-state index is 4.06. The molecule has 0 bridgehead atoms. The third kappa shape index (κ3) is 0.828. The van der Waals surface area contributed by atoms with E-state index in [-0.39, 0.29) is 0 Å². The van der Waals surface area contributed by atoms with Gasteiger partial charge in [0.2, 0.25) is 0 Å². The van der Waals surface area contributed by atoms with Crippen molar-refractivity contribution in [2.24, 2.45) is 11.8 Å². The average molecular weight is 136 g/mol. The fourth-order valence-corrected chi connectivity index (χ4v) is 1.61. The molecule has 0 aromatic rings. The average Bonchev–Trinajstić information content (AvgIpc) is 2.07. The van der Waals surface area contributed by atoms with Gasteiger partial charge in [0, 0.05) is 0 Å². The fourth-order valence-electron chi connectivity index (χ4n) is 1.61. The first kappa shape index (κ1) is 7.59. The van der Waals surface area contributed by atoms with Gasteiger partial charge in [-0.3, -0.25) is 0 Å². The first-order chi connectivity index (χ1) is 4.55. The lowest BCUT2D eigenvalue weighted by molar-refractivity contribution is 0.542. The van der Waals surface area contributed by atoms with Crippen LogP contribution in [0.25, 0.3) is 0 Å². The van der Waals surface area contributed by atoms with Gasteiger partial charge < -0.3 is 0 Å². The van der Waals surface area contributed by atoms with Crippen molar-refractivity contribution in [3.63, 3.8) is 0 Å². The maximum absolute atomic E-state index is 4.06.